The molecule has 2 heterocycles. The zero-order chi connectivity index (χ0) is 23.4. The van der Waals surface area contributed by atoms with Gasteiger partial charge >= 0.3 is 6.18 Å². The second-order valence-electron chi connectivity index (χ2n) is 10.5. The fourth-order valence-electron chi connectivity index (χ4n) is 6.73. The fourth-order valence-corrected chi connectivity index (χ4v) is 6.73. The van der Waals surface area contributed by atoms with E-state index in [0.29, 0.717) is 43.5 Å². The lowest BCUT2D eigenvalue weighted by Crippen LogP contribution is -2.47. The van der Waals surface area contributed by atoms with Crippen LogP contribution in [0, 0.1) is 11.3 Å². The Kier molecular flexibility index (Phi) is 5.69. The quantitative estimate of drug-likeness (QED) is 0.624. The van der Waals surface area contributed by atoms with Gasteiger partial charge < -0.3 is 10.2 Å². The van der Waals surface area contributed by atoms with Crippen LogP contribution in [0.2, 0.25) is 0 Å². The number of rotatable bonds is 3. The normalized spacial score (nSPS) is 32.0. The van der Waals surface area contributed by atoms with E-state index in [1.165, 1.54) is 0 Å². The molecular weight excluding hydrogens is 441 g/mol. The van der Waals surface area contributed by atoms with Crippen molar-refractivity contribution in [1.29, 1.82) is 0 Å². The van der Waals surface area contributed by atoms with E-state index in [2.05, 4.69) is 10.3 Å². The minimum atomic E-state index is -4.46. The van der Waals surface area contributed by atoms with Crippen LogP contribution in [0.1, 0.15) is 74.6 Å². The lowest BCUT2D eigenvalue weighted by molar-refractivity contribution is -0.144. The molecule has 0 bridgehead atoms. The third kappa shape index (κ3) is 4.37. The molecule has 182 valence electrons. The maximum atomic E-state index is 13.8. The first-order chi connectivity index (χ1) is 15.6. The Bertz CT molecular complexity index is 910. The molecule has 0 saturated heterocycles. The smallest absolute Gasteiger partial charge is 0.337 e. The van der Waals surface area contributed by atoms with Crippen molar-refractivity contribution in [2.24, 2.45) is 11.3 Å². The molecule has 1 N–H and O–H groups in total. The van der Waals surface area contributed by atoms with Gasteiger partial charge in [0.25, 0.3) is 0 Å². The molecule has 0 spiro atoms. The largest absolute Gasteiger partial charge is 0.417 e. The Morgan fingerprint density at radius 3 is 2.61 bits per heavy atom. The SMILES string of the molecule is O=C(N1CCc2ncc(C(F)(F)F)cc2C1)[C@@]12CCC[C@@H]1C[C@@H](NC1CCC(F)(F)CC1)C2. The van der Waals surface area contributed by atoms with Crippen LogP contribution in [0.25, 0.3) is 0 Å². The van der Waals surface area contributed by atoms with E-state index in [1.807, 2.05) is 0 Å². The molecule has 1 aliphatic heterocycles. The lowest BCUT2D eigenvalue weighted by Gasteiger charge is -2.37. The van der Waals surface area contributed by atoms with Crippen LogP contribution in [-0.2, 0) is 23.9 Å². The van der Waals surface area contributed by atoms with E-state index in [-0.39, 0.29) is 43.3 Å². The summed E-state index contributed by atoms with van der Waals surface area (Å²) >= 11 is 0. The first-order valence-corrected chi connectivity index (χ1v) is 12.0. The molecule has 0 radical (unpaired) electrons. The van der Waals surface area contributed by atoms with Crippen LogP contribution in [-0.4, -0.2) is 40.3 Å². The van der Waals surface area contributed by atoms with Crippen molar-refractivity contribution in [2.45, 2.75) is 94.9 Å². The molecular formula is C24H30F5N3O. The van der Waals surface area contributed by atoms with Crippen LogP contribution in [0.4, 0.5) is 22.0 Å². The number of nitrogens with one attached hydrogen (secondary N) is 1. The molecule has 1 aromatic heterocycles. The molecule has 9 heteroatoms. The van der Waals surface area contributed by atoms with Crippen molar-refractivity contribution in [2.75, 3.05) is 6.54 Å². The number of halogens is 5. The monoisotopic (exact) mass is 471 g/mol. The van der Waals surface area contributed by atoms with E-state index in [1.54, 1.807) is 4.90 Å². The fraction of sp³-hybridized carbons (Fsp3) is 0.750. The molecule has 0 unspecified atom stereocenters. The van der Waals surface area contributed by atoms with Crippen LogP contribution in [0.15, 0.2) is 12.3 Å². The minimum absolute atomic E-state index is 0.0486. The highest BCUT2D eigenvalue weighted by atomic mass is 19.4. The van der Waals surface area contributed by atoms with E-state index in [9.17, 15) is 26.7 Å². The maximum absolute atomic E-state index is 13.8. The van der Waals surface area contributed by atoms with Crippen LogP contribution in [0.3, 0.4) is 0 Å². The predicted molar refractivity (Wildman–Crippen MR) is 111 cm³/mol. The molecule has 4 aliphatic rings. The number of amides is 1. The van der Waals surface area contributed by atoms with Gasteiger partial charge in [-0.1, -0.05) is 6.42 Å². The van der Waals surface area contributed by atoms with Crippen LogP contribution >= 0.6 is 0 Å². The average Bonchev–Trinajstić information content (AvgIpc) is 3.31. The third-order valence-electron chi connectivity index (χ3n) is 8.41. The van der Waals surface area contributed by atoms with Gasteiger partial charge in [-0.15, -0.1) is 0 Å². The number of hydrogen-bond acceptors (Lipinski definition) is 3. The summed E-state index contributed by atoms with van der Waals surface area (Å²) in [5, 5.41) is 3.57. The van der Waals surface area contributed by atoms with E-state index in [0.717, 1.165) is 37.9 Å². The van der Waals surface area contributed by atoms with E-state index >= 15 is 0 Å². The number of hydrogen-bond donors (Lipinski definition) is 1. The van der Waals surface area contributed by atoms with Crippen molar-refractivity contribution in [3.8, 4) is 0 Å². The van der Waals surface area contributed by atoms with Gasteiger partial charge in [-0.05, 0) is 56.1 Å². The number of aromatic nitrogens is 1. The number of carbonyl (C=O) groups excluding carboxylic acids is 1. The summed E-state index contributed by atoms with van der Waals surface area (Å²) in [7, 11) is 0. The van der Waals surface area contributed by atoms with Gasteiger partial charge in [0.15, 0.2) is 0 Å². The topological polar surface area (TPSA) is 45.2 Å². The van der Waals surface area contributed by atoms with E-state index < -0.39 is 23.1 Å². The Morgan fingerprint density at radius 1 is 1.12 bits per heavy atom. The van der Waals surface area contributed by atoms with Gasteiger partial charge in [0.1, 0.15) is 0 Å². The molecule has 5 rings (SSSR count). The van der Waals surface area contributed by atoms with Crippen molar-refractivity contribution >= 4 is 5.91 Å². The maximum Gasteiger partial charge on any atom is 0.417 e. The highest BCUT2D eigenvalue weighted by Gasteiger charge is 2.56. The van der Waals surface area contributed by atoms with Crippen LogP contribution < -0.4 is 5.32 Å². The molecule has 3 aliphatic carbocycles. The van der Waals surface area contributed by atoms with Crippen molar-refractivity contribution in [3.05, 3.63) is 29.1 Å². The number of alkyl halides is 5. The molecule has 4 nitrogen and oxygen atoms in total. The molecule has 1 amide bonds. The highest BCUT2D eigenvalue weighted by Crippen LogP contribution is 2.55. The molecule has 1 aromatic rings. The number of pyridine rings is 1. The number of carbonyl (C=O) groups is 1. The first-order valence-electron chi connectivity index (χ1n) is 12.0. The van der Waals surface area contributed by atoms with E-state index in [4.69, 9.17) is 0 Å². The van der Waals surface area contributed by atoms with Gasteiger partial charge in [0, 0.05) is 56.3 Å². The molecule has 3 fully saturated rings. The Balaban J connectivity index is 1.28. The van der Waals surface area contributed by atoms with Crippen molar-refractivity contribution in [3.63, 3.8) is 0 Å². The Labute approximate surface area is 190 Å². The summed E-state index contributed by atoms with van der Waals surface area (Å²) in [6.45, 7) is 0.629. The Hall–Kier alpha value is -1.77. The Morgan fingerprint density at radius 2 is 1.88 bits per heavy atom. The zero-order valence-electron chi connectivity index (χ0n) is 18.6. The van der Waals surface area contributed by atoms with Crippen molar-refractivity contribution < 1.29 is 26.7 Å². The third-order valence-corrected chi connectivity index (χ3v) is 8.41. The molecule has 3 atom stereocenters. The zero-order valence-corrected chi connectivity index (χ0v) is 18.6. The van der Waals surface area contributed by atoms with Gasteiger partial charge in [-0.2, -0.15) is 13.2 Å². The molecule has 3 saturated carbocycles. The highest BCUT2D eigenvalue weighted by molar-refractivity contribution is 5.84. The lowest BCUT2D eigenvalue weighted by atomic mass is 9.78. The summed E-state index contributed by atoms with van der Waals surface area (Å²) in [6.07, 6.45) is 1.88. The summed E-state index contributed by atoms with van der Waals surface area (Å²) in [4.78, 5) is 19.5. The van der Waals surface area contributed by atoms with Gasteiger partial charge in [-0.25, -0.2) is 8.78 Å². The van der Waals surface area contributed by atoms with Gasteiger partial charge in [0.2, 0.25) is 11.8 Å². The van der Waals surface area contributed by atoms with Gasteiger partial charge in [-0.3, -0.25) is 9.78 Å². The molecule has 0 aromatic carbocycles. The van der Waals surface area contributed by atoms with Gasteiger partial charge in [0.05, 0.1) is 11.0 Å². The summed E-state index contributed by atoms with van der Waals surface area (Å²) in [5.41, 5.74) is -0.155. The summed E-state index contributed by atoms with van der Waals surface area (Å²) < 4.78 is 66.4. The van der Waals surface area contributed by atoms with Crippen LogP contribution in [0.5, 0.6) is 0 Å². The second kappa shape index (κ2) is 8.17. The average molecular weight is 472 g/mol. The summed E-state index contributed by atoms with van der Waals surface area (Å²) in [6, 6.07) is 1.32. The first kappa shape index (κ1) is 23.0. The minimum Gasteiger partial charge on any atom is -0.337 e. The van der Waals surface area contributed by atoms with Crippen molar-refractivity contribution in [1.82, 2.24) is 15.2 Å². The number of fused-ring (bicyclic) bond motifs is 2. The predicted octanol–water partition coefficient (Wildman–Crippen LogP) is 5.10. The number of nitrogens with zero attached hydrogens (tertiary/aromatic N) is 2. The summed E-state index contributed by atoms with van der Waals surface area (Å²) in [5.74, 6) is -2.27. The second-order valence-corrected chi connectivity index (χ2v) is 10.5. The molecule has 33 heavy (non-hydrogen) atoms. The standard InChI is InChI=1S/C24H30F5N3O/c25-23(26)7-3-18(4-8-23)31-19-11-16-2-1-6-22(16,12-19)21(33)32-9-5-20-15(14-32)10-17(13-30-20)24(27,28)29/h10,13,16,18-19,31H,1-9,11-12,14H2/t16-,19-,22-/m1/s1.